The summed E-state index contributed by atoms with van der Waals surface area (Å²) in [5.41, 5.74) is 2.02. The lowest BCUT2D eigenvalue weighted by Gasteiger charge is -2.32. The van der Waals surface area contributed by atoms with Crippen molar-refractivity contribution in [3.63, 3.8) is 0 Å². The predicted octanol–water partition coefficient (Wildman–Crippen LogP) is 2.65. The monoisotopic (exact) mass is 396 g/mol. The van der Waals surface area contributed by atoms with E-state index in [2.05, 4.69) is 15.6 Å². The summed E-state index contributed by atoms with van der Waals surface area (Å²) in [6.45, 7) is 3.16. The van der Waals surface area contributed by atoms with E-state index in [-0.39, 0.29) is 23.4 Å². The molecular weight excluding hydrogens is 372 g/mol. The van der Waals surface area contributed by atoms with Crippen molar-refractivity contribution >= 4 is 23.7 Å². The van der Waals surface area contributed by atoms with Gasteiger partial charge in [-0.3, -0.25) is 4.79 Å². The summed E-state index contributed by atoms with van der Waals surface area (Å²) in [5, 5.41) is 14.6. The number of carboxylic acid groups (broad SMARTS) is 1. The van der Waals surface area contributed by atoms with Crippen LogP contribution in [0.15, 0.2) is 42.6 Å². The van der Waals surface area contributed by atoms with Crippen molar-refractivity contribution in [1.29, 1.82) is 0 Å². The Bertz CT molecular complexity index is 881. The number of likely N-dealkylation sites (tertiary alicyclic amines) is 1. The van der Waals surface area contributed by atoms with Gasteiger partial charge in [-0.2, -0.15) is 0 Å². The van der Waals surface area contributed by atoms with Crippen molar-refractivity contribution in [1.82, 2.24) is 15.2 Å². The molecule has 8 nitrogen and oxygen atoms in total. The van der Waals surface area contributed by atoms with E-state index in [1.165, 1.54) is 12.1 Å². The fourth-order valence-corrected chi connectivity index (χ4v) is 3.20. The Morgan fingerprint density at radius 3 is 2.59 bits per heavy atom. The van der Waals surface area contributed by atoms with E-state index >= 15 is 0 Å². The lowest BCUT2D eigenvalue weighted by Crippen LogP contribution is -2.47. The Balaban J connectivity index is 1.51. The molecular formula is C21H24N4O4. The molecule has 1 aromatic carbocycles. The van der Waals surface area contributed by atoms with Crippen LogP contribution in [0.1, 0.15) is 34.3 Å². The number of aryl methyl sites for hydroxylation is 1. The van der Waals surface area contributed by atoms with Gasteiger partial charge in [-0.25, -0.2) is 14.6 Å². The zero-order valence-electron chi connectivity index (χ0n) is 16.2. The molecule has 0 spiro atoms. The van der Waals surface area contributed by atoms with Gasteiger partial charge in [0.25, 0.3) is 0 Å². The van der Waals surface area contributed by atoms with E-state index in [9.17, 15) is 14.4 Å². The van der Waals surface area contributed by atoms with E-state index in [0.29, 0.717) is 25.5 Å². The van der Waals surface area contributed by atoms with Gasteiger partial charge in [-0.15, -0.1) is 0 Å². The topological polar surface area (TPSA) is 112 Å². The number of carboxylic acids is 1. The first kappa shape index (κ1) is 20.3. The smallest absolute Gasteiger partial charge is 0.335 e. The van der Waals surface area contributed by atoms with Crippen molar-refractivity contribution in [2.24, 2.45) is 5.92 Å². The lowest BCUT2D eigenvalue weighted by molar-refractivity contribution is -0.121. The number of aromatic nitrogens is 1. The third-order valence-electron chi connectivity index (χ3n) is 4.89. The van der Waals surface area contributed by atoms with E-state index in [1.54, 1.807) is 29.3 Å². The van der Waals surface area contributed by atoms with Crippen molar-refractivity contribution < 1.29 is 19.5 Å². The maximum Gasteiger partial charge on any atom is 0.335 e. The number of aromatic carboxylic acids is 1. The normalized spacial score (nSPS) is 16.2. The van der Waals surface area contributed by atoms with Gasteiger partial charge in [-0.1, -0.05) is 18.2 Å². The number of pyridine rings is 1. The number of hydrogen-bond acceptors (Lipinski definition) is 4. The largest absolute Gasteiger partial charge is 0.478 e. The number of urea groups is 1. The summed E-state index contributed by atoms with van der Waals surface area (Å²) < 4.78 is 0. The summed E-state index contributed by atoms with van der Waals surface area (Å²) in [5.74, 6) is -0.901. The molecule has 3 amide bonds. The maximum absolute atomic E-state index is 12.5. The first-order valence-corrected chi connectivity index (χ1v) is 9.51. The second-order valence-corrected chi connectivity index (χ2v) is 7.16. The number of nitrogens with one attached hydrogen (secondary N) is 2. The number of carbonyl (C=O) groups excluding carboxylic acids is 2. The van der Waals surface area contributed by atoms with Crippen LogP contribution in [0.2, 0.25) is 0 Å². The molecule has 2 heterocycles. The molecule has 1 saturated heterocycles. The number of amides is 3. The highest BCUT2D eigenvalue weighted by Gasteiger charge is 2.28. The van der Waals surface area contributed by atoms with E-state index in [1.807, 2.05) is 13.0 Å². The molecule has 152 valence electrons. The molecule has 1 unspecified atom stereocenters. The van der Waals surface area contributed by atoms with Crippen LogP contribution in [0.4, 0.5) is 10.6 Å². The Labute approximate surface area is 168 Å². The van der Waals surface area contributed by atoms with Gasteiger partial charge >= 0.3 is 12.0 Å². The highest BCUT2D eigenvalue weighted by molar-refractivity contribution is 5.92. The predicted molar refractivity (Wildman–Crippen MR) is 108 cm³/mol. The molecule has 1 fully saturated rings. The van der Waals surface area contributed by atoms with E-state index in [0.717, 1.165) is 24.0 Å². The van der Waals surface area contributed by atoms with Crippen LogP contribution in [0.5, 0.6) is 0 Å². The fraction of sp³-hybridized carbons (Fsp3) is 0.333. The molecule has 3 N–H and O–H groups in total. The Hall–Kier alpha value is -3.42. The third kappa shape index (κ3) is 5.54. The number of hydrogen-bond donors (Lipinski definition) is 3. The van der Waals surface area contributed by atoms with Gasteiger partial charge in [0.2, 0.25) is 5.91 Å². The van der Waals surface area contributed by atoms with Gasteiger partial charge in [0.15, 0.2) is 0 Å². The average Bonchev–Trinajstić information content (AvgIpc) is 2.74. The standard InChI is InChI=1S/C21H24N4O4/c1-14-4-9-18(22-11-14)24-19(26)17-3-2-10-25(13-17)21(29)23-12-15-5-7-16(8-6-15)20(27)28/h4-9,11,17H,2-3,10,12-13H2,1H3,(H,23,29)(H,27,28)(H,22,24,26). The molecule has 0 radical (unpaired) electrons. The summed E-state index contributed by atoms with van der Waals surface area (Å²) in [6.07, 6.45) is 3.16. The van der Waals surface area contributed by atoms with Crippen molar-refractivity contribution in [3.8, 4) is 0 Å². The van der Waals surface area contributed by atoms with Crippen LogP contribution in [0, 0.1) is 12.8 Å². The van der Waals surface area contributed by atoms with Crippen LogP contribution >= 0.6 is 0 Å². The highest BCUT2D eigenvalue weighted by Crippen LogP contribution is 2.18. The maximum atomic E-state index is 12.5. The van der Waals surface area contributed by atoms with Crippen LogP contribution in [0.25, 0.3) is 0 Å². The van der Waals surface area contributed by atoms with E-state index in [4.69, 9.17) is 5.11 Å². The van der Waals surface area contributed by atoms with Crippen LogP contribution in [-0.4, -0.2) is 46.0 Å². The Kier molecular flexibility index (Phi) is 6.43. The minimum Gasteiger partial charge on any atom is -0.478 e. The molecule has 0 saturated carbocycles. The van der Waals surface area contributed by atoms with Crippen LogP contribution < -0.4 is 10.6 Å². The highest BCUT2D eigenvalue weighted by atomic mass is 16.4. The molecule has 8 heteroatoms. The van der Waals surface area contributed by atoms with Crippen molar-refractivity contribution in [2.75, 3.05) is 18.4 Å². The van der Waals surface area contributed by atoms with Gasteiger partial charge < -0.3 is 20.6 Å². The van der Waals surface area contributed by atoms with Crippen molar-refractivity contribution in [3.05, 3.63) is 59.3 Å². The van der Waals surface area contributed by atoms with Crippen LogP contribution in [0.3, 0.4) is 0 Å². The molecule has 3 rings (SSSR count). The summed E-state index contributed by atoms with van der Waals surface area (Å²) in [6, 6.07) is 9.75. The number of rotatable bonds is 5. The van der Waals surface area contributed by atoms with Gasteiger partial charge in [0.05, 0.1) is 11.5 Å². The Morgan fingerprint density at radius 1 is 1.17 bits per heavy atom. The fourth-order valence-electron chi connectivity index (χ4n) is 3.20. The molecule has 2 aromatic rings. The van der Waals surface area contributed by atoms with Crippen LogP contribution in [-0.2, 0) is 11.3 Å². The number of piperidine rings is 1. The SMILES string of the molecule is Cc1ccc(NC(=O)C2CCCN(C(=O)NCc3ccc(C(=O)O)cc3)C2)nc1. The first-order valence-electron chi connectivity index (χ1n) is 9.51. The minimum absolute atomic E-state index is 0.136. The van der Waals surface area contributed by atoms with E-state index < -0.39 is 5.97 Å². The molecule has 1 aliphatic rings. The quantitative estimate of drug-likeness (QED) is 0.719. The molecule has 0 bridgehead atoms. The van der Waals surface area contributed by atoms with Gasteiger partial charge in [0, 0.05) is 25.8 Å². The zero-order valence-corrected chi connectivity index (χ0v) is 16.2. The third-order valence-corrected chi connectivity index (χ3v) is 4.89. The summed E-state index contributed by atoms with van der Waals surface area (Å²) in [4.78, 5) is 41.7. The first-order chi connectivity index (χ1) is 13.9. The second kappa shape index (κ2) is 9.18. The van der Waals surface area contributed by atoms with Gasteiger partial charge in [0.1, 0.15) is 5.82 Å². The molecule has 29 heavy (non-hydrogen) atoms. The molecule has 1 aliphatic heterocycles. The second-order valence-electron chi connectivity index (χ2n) is 7.16. The average molecular weight is 396 g/mol. The number of carbonyl (C=O) groups is 3. The molecule has 0 aliphatic carbocycles. The Morgan fingerprint density at radius 2 is 1.93 bits per heavy atom. The van der Waals surface area contributed by atoms with Crippen molar-refractivity contribution in [2.45, 2.75) is 26.3 Å². The number of anilines is 1. The molecule has 1 aromatic heterocycles. The lowest BCUT2D eigenvalue weighted by atomic mass is 9.97. The summed E-state index contributed by atoms with van der Waals surface area (Å²) in [7, 11) is 0. The summed E-state index contributed by atoms with van der Waals surface area (Å²) >= 11 is 0. The number of benzene rings is 1. The van der Waals surface area contributed by atoms with Gasteiger partial charge in [-0.05, 0) is 49.1 Å². The zero-order chi connectivity index (χ0) is 20.8. The minimum atomic E-state index is -0.987. The molecule has 1 atom stereocenters. The number of nitrogens with zero attached hydrogens (tertiary/aromatic N) is 2.